The number of carbonyl (C=O) groups is 1. The number of para-hydroxylation sites is 1. The molecule has 0 amide bonds. The number of hydrogen-bond acceptors (Lipinski definition) is 4. The number of hydrogen-bond donors (Lipinski definition) is 0. The van der Waals surface area contributed by atoms with Gasteiger partial charge in [-0.05, 0) is 67.1 Å². The monoisotopic (exact) mass is 469 g/mol. The van der Waals surface area contributed by atoms with Gasteiger partial charge in [-0.2, -0.15) is 0 Å². The van der Waals surface area contributed by atoms with E-state index in [0.717, 1.165) is 22.6 Å². The maximum absolute atomic E-state index is 11.0. The lowest BCUT2D eigenvalue weighted by Crippen LogP contribution is -1.92. The van der Waals surface area contributed by atoms with Crippen LogP contribution in [-0.2, 0) is 6.54 Å². The Balaban J connectivity index is 1.38. The number of aldehydes is 1. The second-order valence-corrected chi connectivity index (χ2v) is 10.9. The minimum absolute atomic E-state index is 0.771. The Bertz CT molecular complexity index is 1590. The van der Waals surface area contributed by atoms with Crippen LogP contribution >= 0.6 is 34.0 Å². The molecule has 0 fully saturated rings. The molecule has 0 N–H and O–H groups in total. The van der Waals surface area contributed by atoms with Crippen molar-refractivity contribution in [2.75, 3.05) is 0 Å². The highest BCUT2D eigenvalue weighted by molar-refractivity contribution is 7.27. The molecule has 156 valence electrons. The first-order valence-corrected chi connectivity index (χ1v) is 13.0. The largest absolute Gasteiger partial charge is 0.341 e. The quantitative estimate of drug-likeness (QED) is 0.231. The predicted octanol–water partition coefficient (Wildman–Crippen LogP) is 8.81. The summed E-state index contributed by atoms with van der Waals surface area (Å²) >= 11 is 5.16. The van der Waals surface area contributed by atoms with Crippen molar-refractivity contribution < 1.29 is 4.79 Å². The molecule has 6 rings (SSSR count). The molecule has 0 saturated carbocycles. The maximum atomic E-state index is 11.0. The average molecular weight is 470 g/mol. The van der Waals surface area contributed by atoms with Crippen molar-refractivity contribution in [1.82, 2.24) is 4.57 Å². The summed E-state index contributed by atoms with van der Waals surface area (Å²) in [6, 6.07) is 28.2. The van der Waals surface area contributed by atoms with E-state index in [-0.39, 0.29) is 0 Å². The Kier molecular flexibility index (Phi) is 4.83. The molecule has 0 unspecified atom stereocenters. The standard InChI is InChI=1S/C27H19NOS3/c1-2-28-21-6-4-3-5-19(21)20-15-17(7-9-22(20)28)23-11-12-26(31-23)27-14-13-25(32-27)24-10-8-18(16-29)30-24/h3-16H,2H2,1H3. The molecule has 0 spiro atoms. The summed E-state index contributed by atoms with van der Waals surface area (Å²) in [7, 11) is 0. The summed E-state index contributed by atoms with van der Waals surface area (Å²) in [5, 5.41) is 2.63. The third-order valence-corrected chi connectivity index (χ3v) is 9.44. The number of rotatable bonds is 5. The van der Waals surface area contributed by atoms with E-state index in [9.17, 15) is 4.79 Å². The molecule has 2 nitrogen and oxygen atoms in total. The van der Waals surface area contributed by atoms with Gasteiger partial charge in [0.25, 0.3) is 0 Å². The highest BCUT2D eigenvalue weighted by Crippen LogP contribution is 2.42. The van der Waals surface area contributed by atoms with Gasteiger partial charge in [-0.15, -0.1) is 34.0 Å². The topological polar surface area (TPSA) is 22.0 Å². The van der Waals surface area contributed by atoms with Gasteiger partial charge in [-0.25, -0.2) is 0 Å². The highest BCUT2D eigenvalue weighted by atomic mass is 32.1. The van der Waals surface area contributed by atoms with Crippen LogP contribution in [-0.4, -0.2) is 10.9 Å². The van der Waals surface area contributed by atoms with Crippen LogP contribution in [0.3, 0.4) is 0 Å². The van der Waals surface area contributed by atoms with Gasteiger partial charge < -0.3 is 4.57 Å². The number of benzene rings is 2. The lowest BCUT2D eigenvalue weighted by molar-refractivity contribution is 0.112. The Morgan fingerprint density at radius 3 is 2.03 bits per heavy atom. The van der Waals surface area contributed by atoms with Crippen molar-refractivity contribution in [1.29, 1.82) is 0 Å². The molecule has 5 heteroatoms. The van der Waals surface area contributed by atoms with Crippen molar-refractivity contribution in [3.8, 4) is 29.9 Å². The molecule has 0 saturated heterocycles. The minimum atomic E-state index is 0.771. The Hall–Kier alpha value is -2.99. The van der Waals surface area contributed by atoms with E-state index < -0.39 is 0 Å². The van der Waals surface area contributed by atoms with Crippen molar-refractivity contribution in [3.05, 3.63) is 83.7 Å². The van der Waals surface area contributed by atoms with E-state index in [1.807, 2.05) is 23.5 Å². The smallest absolute Gasteiger partial charge is 0.160 e. The third-order valence-electron chi connectivity index (χ3n) is 5.81. The van der Waals surface area contributed by atoms with Gasteiger partial charge in [-0.3, -0.25) is 4.79 Å². The molecular weight excluding hydrogens is 451 g/mol. The number of aromatic nitrogens is 1. The van der Waals surface area contributed by atoms with Gasteiger partial charge in [0, 0.05) is 52.7 Å². The molecule has 4 heterocycles. The van der Waals surface area contributed by atoms with Crippen LogP contribution in [0.25, 0.3) is 51.8 Å². The first kappa shape index (κ1) is 19.7. The van der Waals surface area contributed by atoms with Gasteiger partial charge in [0.05, 0.1) is 4.88 Å². The summed E-state index contributed by atoms with van der Waals surface area (Å²) < 4.78 is 2.39. The van der Waals surface area contributed by atoms with Crippen LogP contribution in [0.2, 0.25) is 0 Å². The van der Waals surface area contributed by atoms with E-state index in [2.05, 4.69) is 78.2 Å². The highest BCUT2D eigenvalue weighted by Gasteiger charge is 2.13. The van der Waals surface area contributed by atoms with Gasteiger partial charge in [-0.1, -0.05) is 24.3 Å². The molecule has 0 aliphatic rings. The lowest BCUT2D eigenvalue weighted by atomic mass is 10.1. The zero-order valence-corrected chi connectivity index (χ0v) is 19.8. The van der Waals surface area contributed by atoms with Crippen LogP contribution in [0.15, 0.2) is 78.9 Å². The molecule has 0 radical (unpaired) electrons. The first-order chi connectivity index (χ1) is 15.7. The number of fused-ring (bicyclic) bond motifs is 3. The molecule has 32 heavy (non-hydrogen) atoms. The molecule has 0 aliphatic heterocycles. The van der Waals surface area contributed by atoms with E-state index in [1.165, 1.54) is 46.9 Å². The zero-order valence-electron chi connectivity index (χ0n) is 17.4. The normalized spacial score (nSPS) is 11.5. The van der Waals surface area contributed by atoms with Crippen LogP contribution in [0.4, 0.5) is 0 Å². The van der Waals surface area contributed by atoms with Crippen molar-refractivity contribution in [2.24, 2.45) is 0 Å². The molecule has 0 aliphatic carbocycles. The summed E-state index contributed by atoms with van der Waals surface area (Å²) in [4.78, 5) is 18.0. The second-order valence-electron chi connectivity index (χ2n) is 7.64. The fraction of sp³-hybridized carbons (Fsp3) is 0.0741. The Morgan fingerprint density at radius 2 is 1.31 bits per heavy atom. The number of thiophene rings is 3. The first-order valence-electron chi connectivity index (χ1n) is 10.5. The summed E-state index contributed by atoms with van der Waals surface area (Å²) in [5.41, 5.74) is 3.85. The average Bonchev–Trinajstić information content (AvgIpc) is 3.62. The fourth-order valence-electron chi connectivity index (χ4n) is 4.32. The van der Waals surface area contributed by atoms with E-state index in [1.54, 1.807) is 22.7 Å². The van der Waals surface area contributed by atoms with Crippen molar-refractivity contribution in [2.45, 2.75) is 13.5 Å². The van der Waals surface area contributed by atoms with Crippen molar-refractivity contribution >= 4 is 62.1 Å². The number of carbonyl (C=O) groups excluding carboxylic acids is 1. The lowest BCUT2D eigenvalue weighted by Gasteiger charge is -2.03. The van der Waals surface area contributed by atoms with Gasteiger partial charge in [0.15, 0.2) is 6.29 Å². The van der Waals surface area contributed by atoms with E-state index in [0.29, 0.717) is 0 Å². The van der Waals surface area contributed by atoms with Crippen LogP contribution in [0.5, 0.6) is 0 Å². The molecule has 6 aromatic rings. The summed E-state index contributed by atoms with van der Waals surface area (Å²) in [6.07, 6.45) is 0.920. The van der Waals surface area contributed by atoms with Crippen LogP contribution < -0.4 is 0 Å². The molecule has 0 bridgehead atoms. The predicted molar refractivity (Wildman–Crippen MR) is 140 cm³/mol. The van der Waals surface area contributed by atoms with Gasteiger partial charge in [0.1, 0.15) is 0 Å². The number of nitrogens with zero attached hydrogens (tertiary/aromatic N) is 1. The van der Waals surface area contributed by atoms with Gasteiger partial charge >= 0.3 is 0 Å². The Morgan fingerprint density at radius 1 is 0.688 bits per heavy atom. The van der Waals surface area contributed by atoms with Crippen LogP contribution in [0, 0.1) is 0 Å². The molecule has 0 atom stereocenters. The van der Waals surface area contributed by atoms with E-state index >= 15 is 0 Å². The summed E-state index contributed by atoms with van der Waals surface area (Å²) in [5.74, 6) is 0. The fourth-order valence-corrected chi connectivity index (χ4v) is 7.34. The molecular formula is C27H19NOS3. The third kappa shape index (κ3) is 3.16. The number of aryl methyl sites for hydroxylation is 1. The molecule has 4 aromatic heterocycles. The minimum Gasteiger partial charge on any atom is -0.341 e. The summed E-state index contributed by atoms with van der Waals surface area (Å²) in [6.45, 7) is 3.17. The zero-order chi connectivity index (χ0) is 21.7. The van der Waals surface area contributed by atoms with Gasteiger partial charge in [0.2, 0.25) is 0 Å². The SMILES string of the molecule is CCn1c2ccccc2c2cc(-c3ccc(-c4ccc(-c5ccc(C=O)s5)s4)s3)ccc21. The van der Waals surface area contributed by atoms with E-state index in [4.69, 9.17) is 0 Å². The Labute approximate surface area is 198 Å². The van der Waals surface area contributed by atoms with Crippen molar-refractivity contribution in [3.63, 3.8) is 0 Å². The maximum Gasteiger partial charge on any atom is 0.160 e. The second kappa shape index (κ2) is 7.85. The molecule has 2 aromatic carbocycles. The van der Waals surface area contributed by atoms with Crippen LogP contribution in [0.1, 0.15) is 16.6 Å².